The van der Waals surface area contributed by atoms with Crippen LogP contribution in [-0.2, 0) is 19.1 Å². The quantitative estimate of drug-likeness (QED) is 0.528. The van der Waals surface area contributed by atoms with Crippen molar-refractivity contribution in [3.63, 3.8) is 0 Å². The van der Waals surface area contributed by atoms with E-state index in [0.717, 1.165) is 29.7 Å². The molecule has 35 heavy (non-hydrogen) atoms. The van der Waals surface area contributed by atoms with Gasteiger partial charge < -0.3 is 20.1 Å². The highest BCUT2D eigenvalue weighted by molar-refractivity contribution is 8.02. The highest BCUT2D eigenvalue weighted by atomic mass is 32.2. The molecule has 4 rings (SSSR count). The smallest absolute Gasteiger partial charge is 0.310 e. The van der Waals surface area contributed by atoms with Gasteiger partial charge in [-0.15, -0.1) is 11.8 Å². The Morgan fingerprint density at radius 1 is 1.31 bits per heavy atom. The van der Waals surface area contributed by atoms with Gasteiger partial charge in [0.05, 0.1) is 35.8 Å². The molecule has 0 aromatic heterocycles. The summed E-state index contributed by atoms with van der Waals surface area (Å²) < 4.78 is 4.67. The predicted molar refractivity (Wildman–Crippen MR) is 137 cm³/mol. The van der Waals surface area contributed by atoms with E-state index in [0.29, 0.717) is 0 Å². The lowest BCUT2D eigenvalue weighted by Crippen LogP contribution is -2.58. The van der Waals surface area contributed by atoms with Crippen molar-refractivity contribution in [3.05, 3.63) is 29.3 Å². The van der Waals surface area contributed by atoms with E-state index in [2.05, 4.69) is 12.2 Å². The van der Waals surface area contributed by atoms with Gasteiger partial charge in [0.1, 0.15) is 6.04 Å². The van der Waals surface area contributed by atoms with Crippen LogP contribution in [0, 0.1) is 37.5 Å². The number of hydrogen-bond acceptors (Lipinski definition) is 6. The number of aryl methyl sites for hydroxylation is 2. The number of ether oxygens (including phenoxy) is 1. The molecular weight excluding hydrogens is 464 g/mol. The lowest BCUT2D eigenvalue weighted by molar-refractivity contribution is -0.154. The first-order chi connectivity index (χ1) is 16.6. The monoisotopic (exact) mass is 502 g/mol. The standard InChI is InChI=1S/C27H38N2O5S/c1-7-15(4)19(13-30)29-23(24(31)28-18-11-14(3)9-10-16(18)5)27-17(6)12-20(35-27)21(22(27)25(29)32)26(33)34-8-2/h9-11,15,17,19-23,30H,7-8,12-13H2,1-6H3,(H,28,31)/t15-,17?,19-,20+,21-,22-,23?,27?/m0/s1. The number of likely N-dealkylation sites (tertiary alicyclic amines) is 1. The molecule has 0 aliphatic carbocycles. The van der Waals surface area contributed by atoms with Crippen LogP contribution in [0.2, 0.25) is 0 Å². The number of fused-ring (bicyclic) bond motifs is 1. The molecule has 2 N–H and O–H groups in total. The number of carbonyl (C=O) groups is 3. The summed E-state index contributed by atoms with van der Waals surface area (Å²) in [4.78, 5) is 43.0. The Labute approximate surface area is 212 Å². The fraction of sp³-hybridized carbons (Fsp3) is 0.667. The minimum atomic E-state index is -0.782. The van der Waals surface area contributed by atoms with Gasteiger partial charge in [-0.1, -0.05) is 39.3 Å². The number of nitrogens with one attached hydrogen (secondary N) is 1. The molecule has 1 aromatic rings. The Kier molecular flexibility index (Phi) is 7.26. The van der Waals surface area contributed by atoms with E-state index in [1.807, 2.05) is 45.9 Å². The molecule has 8 atom stereocenters. The van der Waals surface area contributed by atoms with Crippen molar-refractivity contribution in [3.8, 4) is 0 Å². The van der Waals surface area contributed by atoms with Crippen LogP contribution in [0.3, 0.4) is 0 Å². The molecule has 7 nitrogen and oxygen atoms in total. The van der Waals surface area contributed by atoms with Crippen LogP contribution < -0.4 is 5.32 Å². The third kappa shape index (κ3) is 3.97. The second kappa shape index (κ2) is 9.77. The molecule has 0 radical (unpaired) electrons. The van der Waals surface area contributed by atoms with E-state index in [1.54, 1.807) is 23.6 Å². The highest BCUT2D eigenvalue weighted by Gasteiger charge is 2.77. The fourth-order valence-corrected chi connectivity index (χ4v) is 8.90. The number of nitrogens with zero attached hydrogens (tertiary/aromatic N) is 1. The molecule has 3 aliphatic heterocycles. The van der Waals surface area contributed by atoms with Gasteiger partial charge in [-0.05, 0) is 56.2 Å². The van der Waals surface area contributed by atoms with Gasteiger partial charge in [0.15, 0.2) is 0 Å². The number of esters is 1. The van der Waals surface area contributed by atoms with Crippen molar-refractivity contribution < 1.29 is 24.2 Å². The first kappa shape index (κ1) is 26.0. The molecule has 3 aliphatic rings. The van der Waals surface area contributed by atoms with E-state index in [1.165, 1.54) is 0 Å². The minimum absolute atomic E-state index is 0.00580. The van der Waals surface area contributed by atoms with E-state index >= 15 is 0 Å². The number of aliphatic hydroxyl groups is 1. The summed E-state index contributed by atoms with van der Waals surface area (Å²) in [5, 5.41) is 13.5. The Morgan fingerprint density at radius 2 is 2.03 bits per heavy atom. The zero-order valence-corrected chi connectivity index (χ0v) is 22.4. The van der Waals surface area contributed by atoms with Gasteiger partial charge in [-0.2, -0.15) is 0 Å². The molecule has 192 valence electrons. The van der Waals surface area contributed by atoms with Crippen molar-refractivity contribution >= 4 is 35.2 Å². The van der Waals surface area contributed by atoms with Crippen LogP contribution in [0.1, 0.15) is 51.7 Å². The van der Waals surface area contributed by atoms with Gasteiger partial charge in [0, 0.05) is 10.9 Å². The molecule has 8 heteroatoms. The molecule has 3 unspecified atom stereocenters. The topological polar surface area (TPSA) is 95.9 Å². The molecule has 2 amide bonds. The van der Waals surface area contributed by atoms with Crippen LogP contribution in [0.25, 0.3) is 0 Å². The van der Waals surface area contributed by atoms with Crippen LogP contribution in [0.15, 0.2) is 18.2 Å². The summed E-state index contributed by atoms with van der Waals surface area (Å²) in [7, 11) is 0. The molecular formula is C27H38N2O5S. The number of benzene rings is 1. The average Bonchev–Trinajstić information content (AvgIpc) is 3.41. The van der Waals surface area contributed by atoms with Crippen molar-refractivity contribution in [2.24, 2.45) is 23.7 Å². The number of rotatable bonds is 8. The van der Waals surface area contributed by atoms with Crippen molar-refractivity contribution in [2.45, 2.75) is 76.5 Å². The zero-order valence-electron chi connectivity index (χ0n) is 21.5. The van der Waals surface area contributed by atoms with Crippen LogP contribution >= 0.6 is 11.8 Å². The van der Waals surface area contributed by atoms with E-state index in [-0.39, 0.29) is 48.1 Å². The van der Waals surface area contributed by atoms with E-state index < -0.39 is 28.7 Å². The molecule has 3 fully saturated rings. The summed E-state index contributed by atoms with van der Waals surface area (Å²) in [5.74, 6) is -1.95. The number of aliphatic hydroxyl groups excluding tert-OH is 1. The molecule has 1 aromatic carbocycles. The van der Waals surface area contributed by atoms with E-state index in [4.69, 9.17) is 4.74 Å². The number of anilines is 1. The van der Waals surface area contributed by atoms with Gasteiger partial charge in [-0.25, -0.2) is 0 Å². The Balaban J connectivity index is 1.82. The SMILES string of the molecule is CCOC(=O)[C@@H]1[C@H]2C(=O)N([C@@H](CO)[C@@H](C)CC)C(C(=O)Nc3cc(C)ccc3C)C23S[C@@H]1CC3C. The Hall–Kier alpha value is -2.06. The number of hydrogen-bond donors (Lipinski definition) is 2. The largest absolute Gasteiger partial charge is 0.466 e. The lowest BCUT2D eigenvalue weighted by Gasteiger charge is -2.41. The highest BCUT2D eigenvalue weighted by Crippen LogP contribution is 2.69. The summed E-state index contributed by atoms with van der Waals surface area (Å²) in [5.41, 5.74) is 2.69. The van der Waals surface area contributed by atoms with Gasteiger partial charge in [-0.3, -0.25) is 14.4 Å². The second-order valence-electron chi connectivity index (χ2n) is 10.5. The molecule has 1 spiro atoms. The van der Waals surface area contributed by atoms with Crippen LogP contribution in [-0.4, -0.2) is 63.1 Å². The lowest BCUT2D eigenvalue weighted by atomic mass is 9.66. The molecule has 3 heterocycles. The normalized spacial score (nSPS) is 32.9. The zero-order chi connectivity index (χ0) is 25.7. The second-order valence-corrected chi connectivity index (χ2v) is 12.0. The Morgan fingerprint density at radius 3 is 2.66 bits per heavy atom. The first-order valence-corrected chi connectivity index (χ1v) is 13.7. The van der Waals surface area contributed by atoms with Gasteiger partial charge >= 0.3 is 5.97 Å². The first-order valence-electron chi connectivity index (χ1n) is 12.8. The summed E-state index contributed by atoms with van der Waals surface area (Å²) in [6.45, 7) is 11.8. The van der Waals surface area contributed by atoms with E-state index in [9.17, 15) is 19.5 Å². The maximum Gasteiger partial charge on any atom is 0.310 e. The Bertz CT molecular complexity index is 1020. The minimum Gasteiger partial charge on any atom is -0.466 e. The molecule has 3 saturated heterocycles. The average molecular weight is 503 g/mol. The third-order valence-corrected chi connectivity index (χ3v) is 10.6. The molecule has 2 bridgehead atoms. The number of carbonyl (C=O) groups excluding carboxylic acids is 3. The van der Waals surface area contributed by atoms with Crippen LogP contribution in [0.4, 0.5) is 5.69 Å². The van der Waals surface area contributed by atoms with Gasteiger partial charge in [0.25, 0.3) is 0 Å². The van der Waals surface area contributed by atoms with Crippen molar-refractivity contribution in [1.82, 2.24) is 4.90 Å². The number of thioether (sulfide) groups is 1. The fourth-order valence-electron chi connectivity index (χ4n) is 6.51. The van der Waals surface area contributed by atoms with Crippen molar-refractivity contribution in [1.29, 1.82) is 0 Å². The summed E-state index contributed by atoms with van der Waals surface area (Å²) in [6.07, 6.45) is 1.51. The van der Waals surface area contributed by atoms with Crippen LogP contribution in [0.5, 0.6) is 0 Å². The number of amides is 2. The summed E-state index contributed by atoms with van der Waals surface area (Å²) >= 11 is 1.62. The third-order valence-electron chi connectivity index (χ3n) is 8.49. The maximum atomic E-state index is 14.2. The molecule has 0 saturated carbocycles. The van der Waals surface area contributed by atoms with Gasteiger partial charge in [0.2, 0.25) is 11.8 Å². The maximum absolute atomic E-state index is 14.2. The predicted octanol–water partition coefficient (Wildman–Crippen LogP) is 3.55. The summed E-state index contributed by atoms with van der Waals surface area (Å²) in [6, 6.07) is 4.61. The van der Waals surface area contributed by atoms with Crippen molar-refractivity contribution in [2.75, 3.05) is 18.5 Å².